The predicted octanol–water partition coefficient (Wildman–Crippen LogP) is 2.56. The standard InChI is InChI=1S/C14H13FN4/c1-19-13(17)12(18-14(19)8-2-3-8)9-4-5-11(15)10(6-9)7-16/h4-6,8H,2-3,17H2,1H3. The van der Waals surface area contributed by atoms with Crippen LogP contribution in [0.2, 0.25) is 0 Å². The third-order valence-corrected chi connectivity index (χ3v) is 3.48. The second-order valence-electron chi connectivity index (χ2n) is 4.84. The van der Waals surface area contributed by atoms with Gasteiger partial charge in [0.15, 0.2) is 0 Å². The molecule has 4 nitrogen and oxygen atoms in total. The summed E-state index contributed by atoms with van der Waals surface area (Å²) in [5.74, 6) is 1.48. The van der Waals surface area contributed by atoms with E-state index in [0.717, 1.165) is 18.7 Å². The summed E-state index contributed by atoms with van der Waals surface area (Å²) in [7, 11) is 1.88. The first kappa shape index (κ1) is 11.7. The molecule has 1 aromatic heterocycles. The van der Waals surface area contributed by atoms with E-state index in [0.29, 0.717) is 23.0 Å². The summed E-state index contributed by atoms with van der Waals surface area (Å²) in [5, 5.41) is 8.87. The summed E-state index contributed by atoms with van der Waals surface area (Å²) in [6.07, 6.45) is 2.27. The molecular formula is C14H13FN4. The minimum atomic E-state index is -0.525. The van der Waals surface area contributed by atoms with Gasteiger partial charge in [0.1, 0.15) is 29.2 Å². The molecule has 0 radical (unpaired) electrons. The molecule has 2 aromatic rings. The summed E-state index contributed by atoms with van der Waals surface area (Å²) in [5.41, 5.74) is 7.37. The number of aromatic nitrogens is 2. The van der Waals surface area contributed by atoms with Crippen molar-refractivity contribution >= 4 is 5.82 Å². The van der Waals surface area contributed by atoms with Crippen molar-refractivity contribution in [3.05, 3.63) is 35.4 Å². The quantitative estimate of drug-likeness (QED) is 0.897. The molecule has 19 heavy (non-hydrogen) atoms. The highest BCUT2D eigenvalue weighted by atomic mass is 19.1. The van der Waals surface area contributed by atoms with Crippen LogP contribution in [0.4, 0.5) is 10.2 Å². The van der Waals surface area contributed by atoms with Crippen molar-refractivity contribution < 1.29 is 4.39 Å². The van der Waals surface area contributed by atoms with Gasteiger partial charge in [0.2, 0.25) is 0 Å². The first-order valence-electron chi connectivity index (χ1n) is 6.14. The van der Waals surface area contributed by atoms with Crippen molar-refractivity contribution in [1.82, 2.24) is 9.55 Å². The second kappa shape index (κ2) is 4.09. The van der Waals surface area contributed by atoms with Gasteiger partial charge < -0.3 is 10.3 Å². The molecule has 1 fully saturated rings. The smallest absolute Gasteiger partial charge is 0.140 e. The Labute approximate surface area is 110 Å². The number of rotatable bonds is 2. The lowest BCUT2D eigenvalue weighted by Gasteiger charge is -2.02. The number of anilines is 1. The van der Waals surface area contributed by atoms with Gasteiger partial charge in [0.05, 0.1) is 5.56 Å². The maximum Gasteiger partial charge on any atom is 0.140 e. The number of benzene rings is 1. The number of imidazole rings is 1. The van der Waals surface area contributed by atoms with E-state index in [-0.39, 0.29) is 5.56 Å². The van der Waals surface area contributed by atoms with Crippen molar-refractivity contribution in [3.8, 4) is 17.3 Å². The van der Waals surface area contributed by atoms with Gasteiger partial charge >= 0.3 is 0 Å². The maximum atomic E-state index is 13.3. The monoisotopic (exact) mass is 256 g/mol. The summed E-state index contributed by atoms with van der Waals surface area (Å²) in [6, 6.07) is 6.20. The molecule has 96 valence electrons. The normalized spacial score (nSPS) is 14.4. The molecule has 1 aromatic carbocycles. The Hall–Kier alpha value is -2.35. The van der Waals surface area contributed by atoms with E-state index < -0.39 is 5.82 Å². The topological polar surface area (TPSA) is 67.6 Å². The lowest BCUT2D eigenvalue weighted by molar-refractivity contribution is 0.624. The number of hydrogen-bond donors (Lipinski definition) is 1. The fourth-order valence-electron chi connectivity index (χ4n) is 2.21. The molecule has 0 atom stereocenters. The maximum absolute atomic E-state index is 13.3. The molecule has 1 aliphatic carbocycles. The Bertz CT molecular complexity index is 692. The predicted molar refractivity (Wildman–Crippen MR) is 69.7 cm³/mol. The SMILES string of the molecule is Cn1c(C2CC2)nc(-c2ccc(F)c(C#N)c2)c1N. The van der Waals surface area contributed by atoms with Crippen LogP contribution in [0, 0.1) is 17.1 Å². The van der Waals surface area contributed by atoms with Crippen LogP contribution in [0.1, 0.15) is 30.1 Å². The lowest BCUT2D eigenvalue weighted by atomic mass is 10.1. The van der Waals surface area contributed by atoms with E-state index in [1.165, 1.54) is 12.1 Å². The highest BCUT2D eigenvalue weighted by Crippen LogP contribution is 2.41. The third kappa shape index (κ3) is 1.85. The zero-order valence-corrected chi connectivity index (χ0v) is 10.5. The summed E-state index contributed by atoms with van der Waals surface area (Å²) in [6.45, 7) is 0. The fraction of sp³-hybridized carbons (Fsp3) is 0.286. The molecule has 1 aliphatic rings. The van der Waals surface area contributed by atoms with Crippen molar-refractivity contribution in [2.75, 3.05) is 5.73 Å². The molecule has 0 amide bonds. The molecule has 0 unspecified atom stereocenters. The van der Waals surface area contributed by atoms with Crippen molar-refractivity contribution in [3.63, 3.8) is 0 Å². The van der Waals surface area contributed by atoms with Crippen molar-refractivity contribution in [2.24, 2.45) is 7.05 Å². The van der Waals surface area contributed by atoms with E-state index in [4.69, 9.17) is 11.0 Å². The minimum absolute atomic E-state index is 0.00975. The molecule has 1 heterocycles. The summed E-state index contributed by atoms with van der Waals surface area (Å²) < 4.78 is 15.2. The summed E-state index contributed by atoms with van der Waals surface area (Å²) >= 11 is 0. The molecule has 3 rings (SSSR count). The molecule has 2 N–H and O–H groups in total. The van der Waals surface area contributed by atoms with E-state index in [9.17, 15) is 4.39 Å². The number of nitriles is 1. The highest BCUT2D eigenvalue weighted by Gasteiger charge is 2.30. The third-order valence-electron chi connectivity index (χ3n) is 3.48. The highest BCUT2D eigenvalue weighted by molar-refractivity contribution is 5.72. The van der Waals surface area contributed by atoms with Crippen molar-refractivity contribution in [1.29, 1.82) is 5.26 Å². The average molecular weight is 256 g/mol. The molecule has 1 saturated carbocycles. The molecule has 0 aliphatic heterocycles. The van der Waals surface area contributed by atoms with Gasteiger partial charge in [-0.1, -0.05) is 0 Å². The Balaban J connectivity index is 2.12. The van der Waals surface area contributed by atoms with Crippen LogP contribution >= 0.6 is 0 Å². The lowest BCUT2D eigenvalue weighted by Crippen LogP contribution is -2.00. The van der Waals surface area contributed by atoms with E-state index >= 15 is 0 Å². The van der Waals surface area contributed by atoms with Gasteiger partial charge in [-0.25, -0.2) is 9.37 Å². The molecular weight excluding hydrogens is 243 g/mol. The Morgan fingerprint density at radius 3 is 2.84 bits per heavy atom. The minimum Gasteiger partial charge on any atom is -0.383 e. The Kier molecular flexibility index (Phi) is 2.53. The van der Waals surface area contributed by atoms with Gasteiger partial charge in [-0.2, -0.15) is 5.26 Å². The zero-order chi connectivity index (χ0) is 13.6. The zero-order valence-electron chi connectivity index (χ0n) is 10.5. The number of nitrogens with zero attached hydrogens (tertiary/aromatic N) is 3. The van der Waals surface area contributed by atoms with E-state index in [2.05, 4.69) is 4.98 Å². The van der Waals surface area contributed by atoms with Crippen LogP contribution < -0.4 is 5.73 Å². The van der Waals surface area contributed by atoms with E-state index in [1.54, 1.807) is 6.07 Å². The summed E-state index contributed by atoms with van der Waals surface area (Å²) in [4.78, 5) is 4.55. The van der Waals surface area contributed by atoms with Crippen molar-refractivity contribution in [2.45, 2.75) is 18.8 Å². The molecule has 0 saturated heterocycles. The molecule has 0 spiro atoms. The number of hydrogen-bond acceptors (Lipinski definition) is 3. The Morgan fingerprint density at radius 2 is 2.21 bits per heavy atom. The first-order chi connectivity index (χ1) is 9.11. The van der Waals surface area contributed by atoms with Crippen LogP contribution in [0.5, 0.6) is 0 Å². The second-order valence-corrected chi connectivity index (χ2v) is 4.84. The Morgan fingerprint density at radius 1 is 1.47 bits per heavy atom. The molecule has 5 heteroatoms. The van der Waals surface area contributed by atoms with Gasteiger partial charge in [-0.05, 0) is 31.0 Å². The largest absolute Gasteiger partial charge is 0.383 e. The van der Waals surface area contributed by atoms with Gasteiger partial charge in [-0.15, -0.1) is 0 Å². The first-order valence-corrected chi connectivity index (χ1v) is 6.14. The molecule has 0 bridgehead atoms. The number of halogens is 1. The van der Waals surface area contributed by atoms with Crippen LogP contribution in [0.25, 0.3) is 11.3 Å². The number of nitrogen functional groups attached to an aromatic ring is 1. The van der Waals surface area contributed by atoms with Crippen LogP contribution in [-0.2, 0) is 7.05 Å². The van der Waals surface area contributed by atoms with Gasteiger partial charge in [0, 0.05) is 18.5 Å². The van der Waals surface area contributed by atoms with Gasteiger partial charge in [-0.3, -0.25) is 0 Å². The van der Waals surface area contributed by atoms with Gasteiger partial charge in [0.25, 0.3) is 0 Å². The fourth-order valence-corrected chi connectivity index (χ4v) is 2.21. The van der Waals surface area contributed by atoms with Crippen LogP contribution in [0.15, 0.2) is 18.2 Å². The van der Waals surface area contributed by atoms with E-state index in [1.807, 2.05) is 17.7 Å². The average Bonchev–Trinajstić information content (AvgIpc) is 3.20. The van der Waals surface area contributed by atoms with Crippen LogP contribution in [-0.4, -0.2) is 9.55 Å². The number of nitrogens with two attached hydrogens (primary N) is 1. The van der Waals surface area contributed by atoms with Crippen LogP contribution in [0.3, 0.4) is 0 Å².